The van der Waals surface area contributed by atoms with E-state index in [-0.39, 0.29) is 17.4 Å². The van der Waals surface area contributed by atoms with Crippen molar-refractivity contribution in [1.29, 1.82) is 0 Å². The first-order chi connectivity index (χ1) is 21.2. The molecule has 0 radical (unpaired) electrons. The van der Waals surface area contributed by atoms with Gasteiger partial charge in [-0.25, -0.2) is 4.79 Å². The minimum atomic E-state index is -0.482. The van der Waals surface area contributed by atoms with E-state index in [1.54, 1.807) is 55.7 Å². The number of rotatable bonds is 10. The van der Waals surface area contributed by atoms with E-state index in [0.717, 1.165) is 47.4 Å². The minimum Gasteiger partial charge on any atom is -0.497 e. The second-order valence-corrected chi connectivity index (χ2v) is 10.8. The highest BCUT2D eigenvalue weighted by Crippen LogP contribution is 2.36. The second kappa shape index (κ2) is 13.0. The Balaban J connectivity index is 1.25. The predicted molar refractivity (Wildman–Crippen MR) is 173 cm³/mol. The molecule has 0 bridgehead atoms. The maximum atomic E-state index is 13.4. The van der Waals surface area contributed by atoms with Crippen LogP contribution in [0.5, 0.6) is 11.5 Å². The van der Waals surface area contributed by atoms with Gasteiger partial charge >= 0.3 is 6.03 Å². The van der Waals surface area contributed by atoms with Gasteiger partial charge in [0.15, 0.2) is 5.76 Å². The van der Waals surface area contributed by atoms with Crippen LogP contribution in [0.25, 0.3) is 17.0 Å². The van der Waals surface area contributed by atoms with Crippen LogP contribution in [0.3, 0.4) is 0 Å². The molecular formula is C34H37N5O5. The molecule has 10 heteroatoms. The summed E-state index contributed by atoms with van der Waals surface area (Å²) in [6.45, 7) is 6.35. The van der Waals surface area contributed by atoms with Crippen molar-refractivity contribution in [1.82, 2.24) is 14.8 Å². The van der Waals surface area contributed by atoms with Crippen molar-refractivity contribution >= 4 is 46.1 Å². The van der Waals surface area contributed by atoms with Crippen LogP contribution < -0.4 is 25.4 Å². The number of methoxy groups -OCH3 is 1. The SMILES string of the molecule is CCn1c(C)c(/C=C2\Oc3ccc(NC(=O)Nc4ccc(C(=O)NCCCN(C)C)cc4)cc3C2=O)c2cc(OC)ccc21. The van der Waals surface area contributed by atoms with Crippen molar-refractivity contribution in [3.8, 4) is 11.5 Å². The molecule has 0 saturated heterocycles. The van der Waals surface area contributed by atoms with Gasteiger partial charge in [-0.3, -0.25) is 9.59 Å². The molecule has 5 rings (SSSR count). The molecule has 3 N–H and O–H groups in total. The summed E-state index contributed by atoms with van der Waals surface area (Å²) in [6.07, 6.45) is 2.63. The molecule has 3 aromatic carbocycles. The smallest absolute Gasteiger partial charge is 0.323 e. The number of aromatic nitrogens is 1. The number of anilines is 2. The Morgan fingerprint density at radius 2 is 1.73 bits per heavy atom. The number of aryl methyl sites for hydroxylation is 1. The number of urea groups is 1. The molecule has 0 atom stereocenters. The molecule has 228 valence electrons. The number of ketones is 1. The third-order valence-corrected chi connectivity index (χ3v) is 7.57. The fourth-order valence-electron chi connectivity index (χ4n) is 5.30. The fourth-order valence-corrected chi connectivity index (χ4v) is 5.30. The monoisotopic (exact) mass is 595 g/mol. The van der Waals surface area contributed by atoms with Gasteiger partial charge in [-0.1, -0.05) is 0 Å². The van der Waals surface area contributed by atoms with Gasteiger partial charge in [0, 0.05) is 52.2 Å². The zero-order valence-electron chi connectivity index (χ0n) is 25.6. The lowest BCUT2D eigenvalue weighted by Gasteiger charge is -2.11. The highest BCUT2D eigenvalue weighted by Gasteiger charge is 2.29. The van der Waals surface area contributed by atoms with Gasteiger partial charge in [-0.05, 0) is 108 Å². The van der Waals surface area contributed by atoms with Crippen LogP contribution in [-0.4, -0.2) is 61.5 Å². The predicted octanol–water partition coefficient (Wildman–Crippen LogP) is 5.92. The number of hydrogen-bond acceptors (Lipinski definition) is 6. The molecule has 1 aliphatic rings. The number of carbonyl (C=O) groups excluding carboxylic acids is 3. The Hall–Kier alpha value is -5.09. The van der Waals surface area contributed by atoms with E-state index in [0.29, 0.717) is 34.8 Å². The van der Waals surface area contributed by atoms with Crippen LogP contribution in [0, 0.1) is 6.92 Å². The summed E-state index contributed by atoms with van der Waals surface area (Å²) in [5.41, 5.74) is 4.80. The molecule has 3 amide bonds. The fraction of sp³-hybridized carbons (Fsp3) is 0.265. The minimum absolute atomic E-state index is 0.163. The molecule has 0 unspecified atom stereocenters. The van der Waals surface area contributed by atoms with E-state index in [1.807, 2.05) is 39.2 Å². The standard InChI is InChI=1S/C34H37N5O5/c1-6-39-21(2)26(27-19-25(43-5)13-14-29(27)39)20-31-32(40)28-18-24(12-15-30(28)44-31)37-34(42)36-23-10-8-22(9-11-23)33(41)35-16-7-17-38(3)4/h8-15,18-20H,6-7,16-17H2,1-5H3,(H,35,41)(H2,36,37,42)/b31-20-. The normalized spacial score (nSPS) is 13.2. The van der Waals surface area contributed by atoms with Gasteiger partial charge in [0.05, 0.1) is 12.7 Å². The first-order valence-electron chi connectivity index (χ1n) is 14.5. The lowest BCUT2D eigenvalue weighted by molar-refractivity contribution is 0.0951. The maximum absolute atomic E-state index is 13.4. The van der Waals surface area contributed by atoms with Crippen molar-refractivity contribution in [2.24, 2.45) is 0 Å². The van der Waals surface area contributed by atoms with Crippen molar-refractivity contribution < 1.29 is 23.9 Å². The van der Waals surface area contributed by atoms with Crippen LogP contribution in [0.15, 0.2) is 66.4 Å². The van der Waals surface area contributed by atoms with Crippen molar-refractivity contribution in [3.63, 3.8) is 0 Å². The number of carbonyl (C=O) groups is 3. The molecule has 1 aliphatic heterocycles. The van der Waals surface area contributed by atoms with E-state index < -0.39 is 6.03 Å². The molecular weight excluding hydrogens is 558 g/mol. The zero-order chi connectivity index (χ0) is 31.4. The third-order valence-electron chi connectivity index (χ3n) is 7.57. The average molecular weight is 596 g/mol. The van der Waals surface area contributed by atoms with E-state index in [9.17, 15) is 14.4 Å². The van der Waals surface area contributed by atoms with E-state index >= 15 is 0 Å². The van der Waals surface area contributed by atoms with Gasteiger partial charge in [-0.2, -0.15) is 0 Å². The lowest BCUT2D eigenvalue weighted by Crippen LogP contribution is -2.27. The van der Waals surface area contributed by atoms with Crippen LogP contribution in [-0.2, 0) is 6.54 Å². The summed E-state index contributed by atoms with van der Waals surface area (Å²) < 4.78 is 13.6. The van der Waals surface area contributed by atoms with Crippen LogP contribution in [0.2, 0.25) is 0 Å². The summed E-state index contributed by atoms with van der Waals surface area (Å²) in [5, 5.41) is 9.38. The van der Waals surface area contributed by atoms with Gasteiger partial charge in [-0.15, -0.1) is 0 Å². The third kappa shape index (κ3) is 6.45. The quantitative estimate of drug-likeness (QED) is 0.155. The van der Waals surface area contributed by atoms with Gasteiger partial charge in [0.25, 0.3) is 5.91 Å². The molecule has 1 aromatic heterocycles. The summed E-state index contributed by atoms with van der Waals surface area (Å²) in [4.78, 5) is 40.5. The van der Waals surface area contributed by atoms with Crippen LogP contribution in [0.4, 0.5) is 16.2 Å². The van der Waals surface area contributed by atoms with Gasteiger partial charge in [0.2, 0.25) is 5.78 Å². The number of benzene rings is 3. The molecule has 44 heavy (non-hydrogen) atoms. The molecule has 0 aliphatic carbocycles. The number of hydrogen-bond donors (Lipinski definition) is 3. The lowest BCUT2D eigenvalue weighted by atomic mass is 10.1. The summed E-state index contributed by atoms with van der Waals surface area (Å²) in [6, 6.07) is 17.0. The highest BCUT2D eigenvalue weighted by molar-refractivity contribution is 6.16. The van der Waals surface area contributed by atoms with Crippen LogP contribution in [0.1, 0.15) is 45.3 Å². The number of nitrogens with one attached hydrogen (secondary N) is 3. The Kier molecular flexibility index (Phi) is 9.01. The van der Waals surface area contributed by atoms with Crippen molar-refractivity contribution in [2.45, 2.75) is 26.8 Å². The molecule has 4 aromatic rings. The maximum Gasteiger partial charge on any atom is 0.323 e. The van der Waals surface area contributed by atoms with E-state index in [1.165, 1.54) is 0 Å². The largest absolute Gasteiger partial charge is 0.497 e. The number of amides is 3. The topological polar surface area (TPSA) is 114 Å². The van der Waals surface area contributed by atoms with E-state index in [4.69, 9.17) is 9.47 Å². The Morgan fingerprint density at radius 3 is 2.43 bits per heavy atom. The Bertz CT molecular complexity index is 1750. The first kappa shape index (κ1) is 30.4. The Labute approximate surface area is 256 Å². The molecule has 0 spiro atoms. The molecule has 2 heterocycles. The van der Waals surface area contributed by atoms with Gasteiger partial charge in [0.1, 0.15) is 11.5 Å². The number of nitrogens with zero attached hydrogens (tertiary/aromatic N) is 2. The first-order valence-corrected chi connectivity index (χ1v) is 14.5. The average Bonchev–Trinajstić information content (AvgIpc) is 3.46. The number of Topliss-reactive ketones (excluding diaryl/α,β-unsaturated/α-hetero) is 1. The Morgan fingerprint density at radius 1 is 1.00 bits per heavy atom. The van der Waals surface area contributed by atoms with Crippen LogP contribution >= 0.6 is 0 Å². The molecule has 0 saturated carbocycles. The van der Waals surface area contributed by atoms with Crippen molar-refractivity contribution in [3.05, 3.63) is 88.8 Å². The summed E-state index contributed by atoms with van der Waals surface area (Å²) >= 11 is 0. The molecule has 10 nitrogen and oxygen atoms in total. The second-order valence-electron chi connectivity index (χ2n) is 10.8. The summed E-state index contributed by atoms with van der Waals surface area (Å²) in [7, 11) is 5.60. The summed E-state index contributed by atoms with van der Waals surface area (Å²) in [5.74, 6) is 0.944. The van der Waals surface area contributed by atoms with Crippen molar-refractivity contribution in [2.75, 3.05) is 44.9 Å². The highest BCUT2D eigenvalue weighted by atomic mass is 16.5. The number of ether oxygens (including phenoxy) is 2. The number of fused-ring (bicyclic) bond motifs is 2. The number of allylic oxidation sites excluding steroid dienone is 1. The zero-order valence-corrected chi connectivity index (χ0v) is 25.6. The van der Waals surface area contributed by atoms with E-state index in [2.05, 4.69) is 32.3 Å². The molecule has 0 fully saturated rings. The van der Waals surface area contributed by atoms with Gasteiger partial charge < -0.3 is 34.9 Å².